The molecule has 0 aliphatic carbocycles. The van der Waals surface area contributed by atoms with Crippen LogP contribution in [-0.4, -0.2) is 53.7 Å². The van der Waals surface area contributed by atoms with Gasteiger partial charge in [-0.05, 0) is 24.9 Å². The molecule has 0 unspecified atom stereocenters. The summed E-state index contributed by atoms with van der Waals surface area (Å²) in [5.74, 6) is -3.93. The fourth-order valence-corrected chi connectivity index (χ4v) is 3.79. The third-order valence-corrected chi connectivity index (χ3v) is 5.00. The zero-order valence-corrected chi connectivity index (χ0v) is 19.4. The van der Waals surface area contributed by atoms with Crippen LogP contribution in [0.1, 0.15) is 31.1 Å². The summed E-state index contributed by atoms with van der Waals surface area (Å²) < 4.78 is 5.62. The number of carbonyl (C=O) groups is 4. The number of carbonyl (C=O) groups excluding carboxylic acids is 2. The molecule has 0 radical (unpaired) electrons. The molecule has 32 heavy (non-hydrogen) atoms. The molecule has 0 bridgehead atoms. The normalized spacial score (nSPS) is 10.2. The Bertz CT molecular complexity index is 933. The van der Waals surface area contributed by atoms with Crippen molar-refractivity contribution in [3.63, 3.8) is 0 Å². The quantitative estimate of drug-likeness (QED) is 0.329. The van der Waals surface area contributed by atoms with Crippen LogP contribution in [0.15, 0.2) is 30.3 Å². The van der Waals surface area contributed by atoms with Crippen LogP contribution >= 0.6 is 22.9 Å². The lowest BCUT2D eigenvalue weighted by Crippen LogP contribution is -2.30. The summed E-state index contributed by atoms with van der Waals surface area (Å²) in [5, 5.41) is 21.1. The molecule has 1 aromatic carbocycles. The molecule has 1 aromatic heterocycles. The number of thiophene rings is 1. The maximum atomic E-state index is 12.5. The number of carboxylic acid groups (broad SMARTS) is 2. The molecule has 0 aliphatic heterocycles. The number of esters is 1. The molecule has 0 saturated heterocycles. The van der Waals surface area contributed by atoms with Gasteiger partial charge in [0.15, 0.2) is 0 Å². The van der Waals surface area contributed by atoms with Gasteiger partial charge in [-0.25, -0.2) is 14.4 Å². The van der Waals surface area contributed by atoms with E-state index in [9.17, 15) is 9.59 Å². The molecule has 0 atom stereocenters. The summed E-state index contributed by atoms with van der Waals surface area (Å²) in [6.45, 7) is 7.01. The van der Waals surface area contributed by atoms with Crippen LogP contribution in [0.5, 0.6) is 0 Å². The summed E-state index contributed by atoms with van der Waals surface area (Å²) in [6.07, 6.45) is 0. The van der Waals surface area contributed by atoms with Crippen LogP contribution in [0.2, 0.25) is 4.34 Å². The van der Waals surface area contributed by atoms with Crippen LogP contribution in [0.4, 0.5) is 5.00 Å². The van der Waals surface area contributed by atoms with Gasteiger partial charge in [-0.3, -0.25) is 4.79 Å². The molecule has 0 aliphatic rings. The number of aliphatic carboxylic acids is 2. The first-order chi connectivity index (χ1) is 15.1. The van der Waals surface area contributed by atoms with E-state index in [4.69, 9.17) is 36.1 Å². The second kappa shape index (κ2) is 13.5. The number of hydrogen-bond acceptors (Lipinski definition) is 7. The van der Waals surface area contributed by atoms with E-state index in [2.05, 4.69) is 24.5 Å². The molecular formula is C21H25ClN2O7S. The molecule has 1 amide bonds. The van der Waals surface area contributed by atoms with Crippen LogP contribution in [0, 0.1) is 5.92 Å². The van der Waals surface area contributed by atoms with Gasteiger partial charge in [0.05, 0.1) is 13.2 Å². The molecule has 0 fully saturated rings. The number of halogens is 1. The molecule has 9 nitrogen and oxygen atoms in total. The standard InChI is InChI=1S/C19H23ClN2O3S.C2H2O4/c1-4-25-19(24)16-15(13-8-6-5-7-9-13)17(20)26-18(16)22-14(23)11-21-10-12(2)3;3-1(4)2(5)6/h5-9,12,21H,4,10-11H2,1-3H3,(H,22,23);(H,3,4)(H,5,6). The van der Waals surface area contributed by atoms with Crippen molar-refractivity contribution in [1.82, 2.24) is 5.32 Å². The Labute approximate surface area is 194 Å². The smallest absolute Gasteiger partial charge is 0.414 e. The van der Waals surface area contributed by atoms with E-state index in [1.807, 2.05) is 30.3 Å². The van der Waals surface area contributed by atoms with E-state index in [1.165, 1.54) is 0 Å². The number of ether oxygens (including phenoxy) is 1. The van der Waals surface area contributed by atoms with E-state index >= 15 is 0 Å². The number of anilines is 1. The Morgan fingerprint density at radius 1 is 1.09 bits per heavy atom. The van der Waals surface area contributed by atoms with E-state index in [-0.39, 0.29) is 19.1 Å². The Morgan fingerprint density at radius 2 is 1.69 bits per heavy atom. The second-order valence-corrected chi connectivity index (χ2v) is 8.35. The number of hydrogen-bond donors (Lipinski definition) is 4. The number of amides is 1. The first kappa shape index (κ1) is 27.1. The number of carboxylic acids is 2. The number of nitrogens with one attached hydrogen (secondary N) is 2. The van der Waals surface area contributed by atoms with Crippen LogP contribution in [0.25, 0.3) is 11.1 Å². The molecule has 2 rings (SSSR count). The minimum atomic E-state index is -1.82. The van der Waals surface area contributed by atoms with Gasteiger partial charge in [0.2, 0.25) is 5.91 Å². The molecule has 174 valence electrons. The Kier molecular flexibility index (Phi) is 11.4. The SMILES string of the molecule is CCOC(=O)c1c(NC(=O)CNCC(C)C)sc(Cl)c1-c1ccccc1.O=C(O)C(=O)O. The summed E-state index contributed by atoms with van der Waals surface area (Å²) in [4.78, 5) is 42.9. The maximum Gasteiger partial charge on any atom is 0.414 e. The summed E-state index contributed by atoms with van der Waals surface area (Å²) in [5.41, 5.74) is 1.68. The lowest BCUT2D eigenvalue weighted by atomic mass is 10.0. The van der Waals surface area contributed by atoms with Gasteiger partial charge in [-0.15, -0.1) is 11.3 Å². The fourth-order valence-electron chi connectivity index (χ4n) is 2.40. The van der Waals surface area contributed by atoms with Gasteiger partial charge in [0.25, 0.3) is 0 Å². The fraction of sp³-hybridized carbons (Fsp3) is 0.333. The average Bonchev–Trinajstić information content (AvgIpc) is 3.04. The van der Waals surface area contributed by atoms with Crippen molar-refractivity contribution in [2.75, 3.05) is 25.0 Å². The topological polar surface area (TPSA) is 142 Å². The lowest BCUT2D eigenvalue weighted by Gasteiger charge is -2.10. The Balaban J connectivity index is 0.000000751. The highest BCUT2D eigenvalue weighted by Gasteiger charge is 2.26. The van der Waals surface area contributed by atoms with E-state index < -0.39 is 17.9 Å². The maximum absolute atomic E-state index is 12.5. The number of rotatable bonds is 8. The third kappa shape index (κ3) is 8.66. The van der Waals surface area contributed by atoms with Crippen LogP contribution < -0.4 is 10.6 Å². The zero-order chi connectivity index (χ0) is 24.3. The van der Waals surface area contributed by atoms with Crippen molar-refractivity contribution in [2.24, 2.45) is 5.92 Å². The zero-order valence-electron chi connectivity index (χ0n) is 17.8. The first-order valence-electron chi connectivity index (χ1n) is 9.60. The summed E-state index contributed by atoms with van der Waals surface area (Å²) >= 11 is 7.57. The van der Waals surface area contributed by atoms with Crippen molar-refractivity contribution < 1.29 is 34.1 Å². The molecule has 4 N–H and O–H groups in total. The Morgan fingerprint density at radius 3 is 2.19 bits per heavy atom. The first-order valence-corrected chi connectivity index (χ1v) is 10.8. The van der Waals surface area contributed by atoms with Gasteiger partial charge in [-0.1, -0.05) is 55.8 Å². The van der Waals surface area contributed by atoms with Crippen LogP contribution in [0.3, 0.4) is 0 Å². The van der Waals surface area contributed by atoms with Crippen molar-refractivity contribution in [2.45, 2.75) is 20.8 Å². The highest BCUT2D eigenvalue weighted by atomic mass is 35.5. The molecular weight excluding hydrogens is 460 g/mol. The lowest BCUT2D eigenvalue weighted by molar-refractivity contribution is -0.159. The van der Waals surface area contributed by atoms with E-state index in [1.54, 1.807) is 6.92 Å². The van der Waals surface area contributed by atoms with Gasteiger partial charge < -0.3 is 25.6 Å². The van der Waals surface area contributed by atoms with Gasteiger partial charge in [-0.2, -0.15) is 0 Å². The molecule has 11 heteroatoms. The van der Waals surface area contributed by atoms with Crippen molar-refractivity contribution >= 4 is 51.8 Å². The summed E-state index contributed by atoms with van der Waals surface area (Å²) in [7, 11) is 0. The van der Waals surface area contributed by atoms with Crippen molar-refractivity contribution in [1.29, 1.82) is 0 Å². The molecule has 0 saturated carbocycles. The highest BCUT2D eigenvalue weighted by Crippen LogP contribution is 2.43. The predicted octanol–water partition coefficient (Wildman–Crippen LogP) is 3.58. The Hall–Kier alpha value is -2.95. The van der Waals surface area contributed by atoms with Crippen LogP contribution in [-0.2, 0) is 19.1 Å². The monoisotopic (exact) mass is 484 g/mol. The van der Waals surface area contributed by atoms with Gasteiger partial charge in [0, 0.05) is 5.56 Å². The van der Waals surface area contributed by atoms with Crippen molar-refractivity contribution in [3.05, 3.63) is 40.2 Å². The van der Waals surface area contributed by atoms with Gasteiger partial charge >= 0.3 is 17.9 Å². The average molecular weight is 485 g/mol. The minimum Gasteiger partial charge on any atom is -0.473 e. The third-order valence-electron chi connectivity index (χ3n) is 3.68. The predicted molar refractivity (Wildman–Crippen MR) is 122 cm³/mol. The largest absolute Gasteiger partial charge is 0.473 e. The number of benzene rings is 1. The van der Waals surface area contributed by atoms with Gasteiger partial charge in [0.1, 0.15) is 14.9 Å². The summed E-state index contributed by atoms with van der Waals surface area (Å²) in [6, 6.07) is 9.36. The van der Waals surface area contributed by atoms with E-state index in [0.717, 1.165) is 23.4 Å². The van der Waals surface area contributed by atoms with E-state index in [0.29, 0.717) is 26.4 Å². The molecule has 2 aromatic rings. The minimum absolute atomic E-state index is 0.163. The second-order valence-electron chi connectivity index (χ2n) is 6.72. The highest BCUT2D eigenvalue weighted by molar-refractivity contribution is 7.21. The van der Waals surface area contributed by atoms with Crippen molar-refractivity contribution in [3.8, 4) is 11.1 Å². The molecule has 0 spiro atoms. The molecule has 1 heterocycles.